The van der Waals surface area contributed by atoms with E-state index in [1.807, 2.05) is 91.9 Å². The van der Waals surface area contributed by atoms with E-state index >= 15 is 0 Å². The molecular formula is C26H23NO3S2. The molecule has 0 atom stereocenters. The third-order valence-electron chi connectivity index (χ3n) is 4.78. The van der Waals surface area contributed by atoms with Crippen molar-refractivity contribution in [2.45, 2.75) is 13.3 Å². The van der Waals surface area contributed by atoms with E-state index in [0.29, 0.717) is 22.4 Å². The average molecular weight is 462 g/mol. The Hall–Kier alpha value is -3.09. The van der Waals surface area contributed by atoms with Crippen molar-refractivity contribution >= 4 is 46.0 Å². The van der Waals surface area contributed by atoms with Crippen molar-refractivity contribution in [3.05, 3.63) is 94.9 Å². The molecule has 0 saturated carbocycles. The molecule has 162 valence electrons. The minimum atomic E-state index is -0.106. The molecule has 1 fully saturated rings. The van der Waals surface area contributed by atoms with Crippen LogP contribution in [-0.2, 0) is 4.79 Å². The van der Waals surface area contributed by atoms with Gasteiger partial charge in [0.1, 0.15) is 11.5 Å². The van der Waals surface area contributed by atoms with Crippen LogP contribution in [0.2, 0.25) is 0 Å². The van der Waals surface area contributed by atoms with E-state index in [-0.39, 0.29) is 5.91 Å². The molecule has 1 amide bonds. The van der Waals surface area contributed by atoms with Gasteiger partial charge >= 0.3 is 0 Å². The summed E-state index contributed by atoms with van der Waals surface area (Å²) >= 11 is 6.75. The van der Waals surface area contributed by atoms with Crippen molar-refractivity contribution in [2.24, 2.45) is 0 Å². The molecule has 0 spiro atoms. The van der Waals surface area contributed by atoms with Crippen LogP contribution in [0.25, 0.3) is 6.08 Å². The molecule has 4 nitrogen and oxygen atoms in total. The molecule has 0 aliphatic carbocycles. The van der Waals surface area contributed by atoms with E-state index in [0.717, 1.165) is 29.2 Å². The number of rotatable bonds is 8. The fourth-order valence-corrected chi connectivity index (χ4v) is 4.56. The second-order valence-electron chi connectivity index (χ2n) is 7.29. The largest absolute Gasteiger partial charge is 0.493 e. The van der Waals surface area contributed by atoms with Crippen LogP contribution >= 0.6 is 24.0 Å². The molecule has 0 aromatic heterocycles. The molecule has 0 unspecified atom stereocenters. The summed E-state index contributed by atoms with van der Waals surface area (Å²) in [5.74, 6) is 1.53. The molecule has 3 aromatic rings. The Labute approximate surface area is 197 Å². The average Bonchev–Trinajstić information content (AvgIpc) is 3.07. The smallest absolute Gasteiger partial charge is 0.270 e. The number of carbonyl (C=O) groups is 1. The molecule has 1 aliphatic rings. The maximum atomic E-state index is 12.9. The number of thiocarbonyl (C=S) groups is 1. The van der Waals surface area contributed by atoms with Gasteiger partial charge < -0.3 is 9.47 Å². The summed E-state index contributed by atoms with van der Waals surface area (Å²) in [7, 11) is 0. The molecular weight excluding hydrogens is 438 g/mol. The van der Waals surface area contributed by atoms with Gasteiger partial charge in [-0.1, -0.05) is 66.4 Å². The number of nitrogens with zero attached hydrogens (tertiary/aromatic N) is 1. The Balaban J connectivity index is 1.33. The predicted octanol–water partition coefficient (Wildman–Crippen LogP) is 6.25. The summed E-state index contributed by atoms with van der Waals surface area (Å²) < 4.78 is 12.2. The second kappa shape index (κ2) is 10.5. The number of amides is 1. The summed E-state index contributed by atoms with van der Waals surface area (Å²) in [6.45, 7) is 3.18. The van der Waals surface area contributed by atoms with Gasteiger partial charge in [0.15, 0.2) is 4.32 Å². The van der Waals surface area contributed by atoms with Crippen molar-refractivity contribution in [1.82, 2.24) is 0 Å². The first-order valence-corrected chi connectivity index (χ1v) is 11.6. The van der Waals surface area contributed by atoms with Crippen molar-refractivity contribution < 1.29 is 14.3 Å². The summed E-state index contributed by atoms with van der Waals surface area (Å²) in [5.41, 5.74) is 2.85. The normalized spacial score (nSPS) is 14.8. The van der Waals surface area contributed by atoms with E-state index in [1.54, 1.807) is 4.90 Å². The maximum absolute atomic E-state index is 12.9. The molecule has 0 N–H and O–H groups in total. The Kier molecular flexibility index (Phi) is 7.24. The van der Waals surface area contributed by atoms with Gasteiger partial charge in [0, 0.05) is 6.42 Å². The van der Waals surface area contributed by atoms with Gasteiger partial charge in [-0.05, 0) is 60.5 Å². The van der Waals surface area contributed by atoms with E-state index in [2.05, 4.69) is 0 Å². The quantitative estimate of drug-likeness (QED) is 0.225. The van der Waals surface area contributed by atoms with Gasteiger partial charge in [0.05, 0.1) is 23.8 Å². The minimum Gasteiger partial charge on any atom is -0.493 e. The second-order valence-corrected chi connectivity index (χ2v) is 8.97. The lowest BCUT2D eigenvalue weighted by Gasteiger charge is -2.13. The molecule has 4 rings (SSSR count). The number of hydrogen-bond acceptors (Lipinski definition) is 5. The first-order chi connectivity index (χ1) is 15.6. The molecule has 32 heavy (non-hydrogen) atoms. The first-order valence-electron chi connectivity index (χ1n) is 10.4. The molecule has 1 aliphatic heterocycles. The zero-order chi connectivity index (χ0) is 22.3. The Morgan fingerprint density at radius 1 is 0.906 bits per heavy atom. The summed E-state index contributed by atoms with van der Waals surface area (Å²) in [4.78, 5) is 15.1. The zero-order valence-corrected chi connectivity index (χ0v) is 19.3. The van der Waals surface area contributed by atoms with Crippen LogP contribution in [0.3, 0.4) is 0 Å². The van der Waals surface area contributed by atoms with Crippen LogP contribution in [0, 0.1) is 6.92 Å². The number of ether oxygens (including phenoxy) is 2. The van der Waals surface area contributed by atoms with Gasteiger partial charge in [0.2, 0.25) is 0 Å². The number of para-hydroxylation sites is 1. The number of anilines is 1. The molecule has 1 heterocycles. The van der Waals surface area contributed by atoms with Crippen LogP contribution in [0.4, 0.5) is 5.69 Å². The molecule has 0 bridgehead atoms. The number of thioether (sulfide) groups is 1. The summed E-state index contributed by atoms with van der Waals surface area (Å²) in [6, 6.07) is 25.2. The number of aryl methyl sites for hydroxylation is 1. The number of benzene rings is 3. The lowest BCUT2D eigenvalue weighted by Crippen LogP contribution is -2.27. The van der Waals surface area contributed by atoms with Crippen LogP contribution in [0.15, 0.2) is 83.8 Å². The SMILES string of the molecule is Cc1cccc(OCCCOc2cccc(C=C3SC(=S)N(c4ccccc4)C3=O)c2)c1. The first kappa shape index (κ1) is 22.1. The zero-order valence-electron chi connectivity index (χ0n) is 17.7. The Morgan fingerprint density at radius 3 is 2.31 bits per heavy atom. The van der Waals surface area contributed by atoms with Crippen molar-refractivity contribution in [3.63, 3.8) is 0 Å². The van der Waals surface area contributed by atoms with Gasteiger partial charge in [-0.3, -0.25) is 9.69 Å². The monoisotopic (exact) mass is 461 g/mol. The summed E-state index contributed by atoms with van der Waals surface area (Å²) in [5, 5.41) is 0. The van der Waals surface area contributed by atoms with E-state index in [9.17, 15) is 4.79 Å². The fraction of sp³-hybridized carbons (Fsp3) is 0.154. The third-order valence-corrected chi connectivity index (χ3v) is 6.08. The standard InChI is InChI=1S/C26H23NO3S2/c1-19-8-5-12-22(16-19)29-14-7-15-30-23-13-6-9-20(17-23)18-24-25(28)27(26(31)32-24)21-10-3-2-4-11-21/h2-6,8-13,16-18H,7,14-15H2,1H3. The Bertz CT molecular complexity index is 1140. The highest BCUT2D eigenvalue weighted by molar-refractivity contribution is 8.27. The summed E-state index contributed by atoms with van der Waals surface area (Å²) in [6.07, 6.45) is 2.63. The van der Waals surface area contributed by atoms with Crippen LogP contribution in [0.5, 0.6) is 11.5 Å². The van der Waals surface area contributed by atoms with Gasteiger partial charge in [-0.2, -0.15) is 0 Å². The highest BCUT2D eigenvalue weighted by Crippen LogP contribution is 2.36. The topological polar surface area (TPSA) is 38.8 Å². The van der Waals surface area contributed by atoms with Gasteiger partial charge in [0.25, 0.3) is 5.91 Å². The van der Waals surface area contributed by atoms with Crippen LogP contribution < -0.4 is 14.4 Å². The highest BCUT2D eigenvalue weighted by atomic mass is 32.2. The maximum Gasteiger partial charge on any atom is 0.270 e. The number of carbonyl (C=O) groups excluding carboxylic acids is 1. The van der Waals surface area contributed by atoms with Gasteiger partial charge in [-0.25, -0.2) is 0 Å². The molecule has 3 aromatic carbocycles. The van der Waals surface area contributed by atoms with E-state index in [4.69, 9.17) is 21.7 Å². The molecule has 6 heteroatoms. The van der Waals surface area contributed by atoms with Crippen molar-refractivity contribution in [1.29, 1.82) is 0 Å². The van der Waals surface area contributed by atoms with Crippen LogP contribution in [-0.4, -0.2) is 23.4 Å². The fourth-order valence-electron chi connectivity index (χ4n) is 3.26. The van der Waals surface area contributed by atoms with Crippen LogP contribution in [0.1, 0.15) is 17.5 Å². The lowest BCUT2D eigenvalue weighted by atomic mass is 10.2. The van der Waals surface area contributed by atoms with E-state index < -0.39 is 0 Å². The lowest BCUT2D eigenvalue weighted by molar-refractivity contribution is -0.113. The van der Waals surface area contributed by atoms with Crippen molar-refractivity contribution in [2.75, 3.05) is 18.1 Å². The van der Waals surface area contributed by atoms with Gasteiger partial charge in [-0.15, -0.1) is 0 Å². The number of hydrogen-bond donors (Lipinski definition) is 0. The van der Waals surface area contributed by atoms with Crippen molar-refractivity contribution in [3.8, 4) is 11.5 Å². The minimum absolute atomic E-state index is 0.106. The van der Waals surface area contributed by atoms with E-state index in [1.165, 1.54) is 17.3 Å². The predicted molar refractivity (Wildman–Crippen MR) is 135 cm³/mol. The molecule has 0 radical (unpaired) electrons. The Morgan fingerprint density at radius 2 is 1.59 bits per heavy atom. The highest BCUT2D eigenvalue weighted by Gasteiger charge is 2.33. The molecule has 1 saturated heterocycles. The third kappa shape index (κ3) is 5.58.